The topological polar surface area (TPSA) is 15.3 Å². The molecule has 3 rings (SSSR count). The highest BCUT2D eigenvalue weighted by Crippen LogP contribution is 2.31. The van der Waals surface area contributed by atoms with Crippen LogP contribution < -0.4 is 5.32 Å². The fraction of sp³-hybridized carbons (Fsp3) is 0.333. The summed E-state index contributed by atoms with van der Waals surface area (Å²) in [5.41, 5.74) is 2.70. The van der Waals surface area contributed by atoms with Crippen LogP contribution >= 0.6 is 11.6 Å². The summed E-state index contributed by atoms with van der Waals surface area (Å²) < 4.78 is 0. The number of nitrogens with zero attached hydrogens (tertiary/aromatic N) is 1. The Morgan fingerprint density at radius 1 is 1.10 bits per heavy atom. The Hall–Kier alpha value is -1.35. The molecular weight excluding hydrogens is 280 g/mol. The van der Waals surface area contributed by atoms with Gasteiger partial charge in [-0.2, -0.15) is 0 Å². The molecule has 0 radical (unpaired) electrons. The first-order valence-corrected chi connectivity index (χ1v) is 7.82. The first-order chi connectivity index (χ1) is 10.2. The van der Waals surface area contributed by atoms with Gasteiger partial charge in [-0.15, -0.1) is 0 Å². The molecule has 0 aromatic heterocycles. The predicted molar refractivity (Wildman–Crippen MR) is 88.5 cm³/mol. The van der Waals surface area contributed by atoms with Gasteiger partial charge in [0.15, 0.2) is 0 Å². The largest absolute Gasteiger partial charge is 0.313 e. The second kappa shape index (κ2) is 6.18. The van der Waals surface area contributed by atoms with E-state index >= 15 is 0 Å². The van der Waals surface area contributed by atoms with E-state index in [1.54, 1.807) is 0 Å². The van der Waals surface area contributed by atoms with E-state index < -0.39 is 0 Å². The molecule has 0 saturated carbocycles. The van der Waals surface area contributed by atoms with Crippen LogP contribution in [0.5, 0.6) is 0 Å². The third kappa shape index (κ3) is 3.13. The Morgan fingerprint density at radius 2 is 1.81 bits per heavy atom. The van der Waals surface area contributed by atoms with Crippen LogP contribution in [-0.4, -0.2) is 24.5 Å². The molecule has 3 heteroatoms. The van der Waals surface area contributed by atoms with Crippen molar-refractivity contribution in [3.63, 3.8) is 0 Å². The molecule has 0 amide bonds. The molecule has 1 N–H and O–H groups in total. The molecule has 110 valence electrons. The fourth-order valence-corrected chi connectivity index (χ4v) is 3.18. The molecule has 1 aliphatic rings. The van der Waals surface area contributed by atoms with Crippen LogP contribution in [-0.2, 0) is 12.1 Å². The second-order valence-corrected chi connectivity index (χ2v) is 6.30. The lowest BCUT2D eigenvalue weighted by molar-refractivity contribution is 0.0650. The third-order valence-electron chi connectivity index (χ3n) is 4.41. The summed E-state index contributed by atoms with van der Waals surface area (Å²) in [6.45, 7) is 6.34. The number of hydrogen-bond donors (Lipinski definition) is 1. The van der Waals surface area contributed by atoms with Crippen molar-refractivity contribution in [2.45, 2.75) is 19.0 Å². The average molecular weight is 301 g/mol. The molecule has 0 bridgehead atoms. The predicted octanol–water partition coefficient (Wildman–Crippen LogP) is 3.66. The number of nitrogens with one attached hydrogen (secondary N) is 1. The van der Waals surface area contributed by atoms with E-state index in [2.05, 4.69) is 59.6 Å². The zero-order valence-electron chi connectivity index (χ0n) is 12.3. The van der Waals surface area contributed by atoms with Crippen molar-refractivity contribution < 1.29 is 0 Å². The van der Waals surface area contributed by atoms with Gasteiger partial charge in [0.25, 0.3) is 0 Å². The maximum absolute atomic E-state index is 5.98. The van der Waals surface area contributed by atoms with Crippen molar-refractivity contribution in [2.24, 2.45) is 0 Å². The van der Waals surface area contributed by atoms with E-state index in [1.807, 2.05) is 12.1 Å². The number of piperazine rings is 1. The molecule has 1 atom stereocenters. The standard InChI is InChI=1S/C18H21ClN2/c1-18(16-5-3-2-4-6-16)14-20-11-12-21(18)13-15-7-9-17(19)10-8-15/h2-10,20H,11-14H2,1H3. The highest BCUT2D eigenvalue weighted by molar-refractivity contribution is 6.30. The van der Waals surface area contributed by atoms with Gasteiger partial charge in [0.05, 0.1) is 5.54 Å². The molecule has 1 fully saturated rings. The summed E-state index contributed by atoms with van der Waals surface area (Å²) in [5.74, 6) is 0. The van der Waals surface area contributed by atoms with E-state index in [0.29, 0.717) is 0 Å². The van der Waals surface area contributed by atoms with Gasteiger partial charge in [-0.1, -0.05) is 54.1 Å². The van der Waals surface area contributed by atoms with Crippen LogP contribution in [0.1, 0.15) is 18.1 Å². The van der Waals surface area contributed by atoms with Crippen LogP contribution in [0.4, 0.5) is 0 Å². The van der Waals surface area contributed by atoms with E-state index in [1.165, 1.54) is 11.1 Å². The number of hydrogen-bond acceptors (Lipinski definition) is 2. The van der Waals surface area contributed by atoms with Crippen molar-refractivity contribution in [3.8, 4) is 0 Å². The van der Waals surface area contributed by atoms with Crippen LogP contribution in [0.15, 0.2) is 54.6 Å². The molecular formula is C18H21ClN2. The zero-order chi connectivity index (χ0) is 14.7. The Kier molecular flexibility index (Phi) is 4.29. The monoisotopic (exact) mass is 300 g/mol. The lowest BCUT2D eigenvalue weighted by atomic mass is 9.88. The summed E-state index contributed by atoms with van der Waals surface area (Å²) in [6, 6.07) is 18.9. The van der Waals surface area contributed by atoms with E-state index in [-0.39, 0.29) is 5.54 Å². The zero-order valence-corrected chi connectivity index (χ0v) is 13.1. The maximum atomic E-state index is 5.98. The lowest BCUT2D eigenvalue weighted by Crippen LogP contribution is -2.56. The average Bonchev–Trinajstić information content (AvgIpc) is 2.53. The second-order valence-electron chi connectivity index (χ2n) is 5.86. The van der Waals surface area contributed by atoms with Crippen molar-refractivity contribution in [1.82, 2.24) is 10.2 Å². The molecule has 1 saturated heterocycles. The maximum Gasteiger partial charge on any atom is 0.0561 e. The van der Waals surface area contributed by atoms with E-state index in [4.69, 9.17) is 11.6 Å². The van der Waals surface area contributed by atoms with Gasteiger partial charge >= 0.3 is 0 Å². The Bertz CT molecular complexity index is 582. The summed E-state index contributed by atoms with van der Waals surface area (Å²) >= 11 is 5.98. The summed E-state index contributed by atoms with van der Waals surface area (Å²) in [6.07, 6.45) is 0. The number of benzene rings is 2. The van der Waals surface area contributed by atoms with Crippen molar-refractivity contribution in [3.05, 3.63) is 70.7 Å². The molecule has 0 aliphatic carbocycles. The van der Waals surface area contributed by atoms with E-state index in [9.17, 15) is 0 Å². The highest BCUT2D eigenvalue weighted by Gasteiger charge is 2.35. The van der Waals surface area contributed by atoms with Crippen LogP contribution in [0.25, 0.3) is 0 Å². The van der Waals surface area contributed by atoms with Gasteiger partial charge in [-0.25, -0.2) is 0 Å². The SMILES string of the molecule is CC1(c2ccccc2)CNCCN1Cc1ccc(Cl)cc1. The Balaban J connectivity index is 1.86. The quantitative estimate of drug-likeness (QED) is 0.930. The Morgan fingerprint density at radius 3 is 2.52 bits per heavy atom. The minimum atomic E-state index is 0.0269. The molecule has 2 nitrogen and oxygen atoms in total. The summed E-state index contributed by atoms with van der Waals surface area (Å²) in [5, 5.41) is 4.33. The van der Waals surface area contributed by atoms with Crippen LogP contribution in [0.2, 0.25) is 5.02 Å². The minimum absolute atomic E-state index is 0.0269. The first-order valence-electron chi connectivity index (χ1n) is 7.44. The first kappa shape index (κ1) is 14.6. The van der Waals surface area contributed by atoms with Crippen LogP contribution in [0, 0.1) is 0 Å². The fourth-order valence-electron chi connectivity index (χ4n) is 3.05. The summed E-state index contributed by atoms with van der Waals surface area (Å²) in [7, 11) is 0. The molecule has 2 aromatic carbocycles. The van der Waals surface area contributed by atoms with Crippen molar-refractivity contribution in [1.29, 1.82) is 0 Å². The minimum Gasteiger partial charge on any atom is -0.313 e. The normalized spacial score (nSPS) is 23.1. The van der Waals surface area contributed by atoms with E-state index in [0.717, 1.165) is 31.2 Å². The molecule has 0 spiro atoms. The molecule has 1 aliphatic heterocycles. The number of halogens is 1. The number of rotatable bonds is 3. The van der Waals surface area contributed by atoms with Gasteiger partial charge in [0.2, 0.25) is 0 Å². The highest BCUT2D eigenvalue weighted by atomic mass is 35.5. The molecule has 1 heterocycles. The lowest BCUT2D eigenvalue weighted by Gasteiger charge is -2.45. The molecule has 21 heavy (non-hydrogen) atoms. The van der Waals surface area contributed by atoms with Crippen LogP contribution in [0.3, 0.4) is 0 Å². The molecule has 1 unspecified atom stereocenters. The Labute approximate surface area is 131 Å². The van der Waals surface area contributed by atoms with Gasteiger partial charge in [-0.05, 0) is 30.2 Å². The molecule has 2 aromatic rings. The van der Waals surface area contributed by atoms with Gasteiger partial charge in [0.1, 0.15) is 0 Å². The van der Waals surface area contributed by atoms with Crippen molar-refractivity contribution >= 4 is 11.6 Å². The van der Waals surface area contributed by atoms with Gasteiger partial charge in [0, 0.05) is 31.2 Å². The third-order valence-corrected chi connectivity index (χ3v) is 4.66. The van der Waals surface area contributed by atoms with Gasteiger partial charge in [-0.3, -0.25) is 4.90 Å². The van der Waals surface area contributed by atoms with Gasteiger partial charge < -0.3 is 5.32 Å². The summed E-state index contributed by atoms with van der Waals surface area (Å²) in [4.78, 5) is 2.56. The van der Waals surface area contributed by atoms with Crippen molar-refractivity contribution in [2.75, 3.05) is 19.6 Å². The smallest absolute Gasteiger partial charge is 0.0561 e.